The molecule has 0 amide bonds. The minimum Gasteiger partial charge on any atom is -0.455 e. The minimum atomic E-state index is 0.320. The average Bonchev–Trinajstić information content (AvgIpc) is 2.35. The molecule has 94 valence electrons. The van der Waals surface area contributed by atoms with Crippen LogP contribution in [0.5, 0.6) is 11.5 Å². The lowest BCUT2D eigenvalue weighted by Crippen LogP contribution is -1.93. The number of rotatable bonds is 3. The number of halogens is 3. The first-order valence-corrected chi connectivity index (χ1v) is 6.54. The molecule has 0 aliphatic rings. The summed E-state index contributed by atoms with van der Waals surface area (Å²) < 4.78 is 5.75. The van der Waals surface area contributed by atoms with Crippen LogP contribution in [0.4, 0.5) is 0 Å². The van der Waals surface area contributed by atoms with E-state index in [1.54, 1.807) is 24.4 Å². The van der Waals surface area contributed by atoms with Crippen molar-refractivity contribution in [3.8, 4) is 11.5 Å². The van der Waals surface area contributed by atoms with Gasteiger partial charge in [0.2, 0.25) is 0 Å². The Bertz CT molecular complexity index is 572. The fourth-order valence-corrected chi connectivity index (χ4v) is 1.97. The van der Waals surface area contributed by atoms with Crippen molar-refractivity contribution < 1.29 is 4.74 Å². The lowest BCUT2D eigenvalue weighted by molar-refractivity contribution is 0.477. The maximum Gasteiger partial charge on any atom is 0.147 e. The van der Waals surface area contributed by atoms with E-state index in [1.807, 2.05) is 13.0 Å². The molecule has 0 fully saturated rings. The third-order valence-corrected chi connectivity index (χ3v) is 3.45. The maximum atomic E-state index is 6.07. The van der Waals surface area contributed by atoms with Crippen molar-refractivity contribution in [2.75, 3.05) is 0 Å². The van der Waals surface area contributed by atoms with Crippen LogP contribution in [-0.2, 0) is 5.88 Å². The predicted octanol–water partition coefficient (Wildman–Crippen LogP) is 5.23. The molecular formula is C13H10Cl3NO. The number of hydrogen-bond donors (Lipinski definition) is 0. The van der Waals surface area contributed by atoms with Crippen LogP contribution in [0, 0.1) is 6.92 Å². The summed E-state index contributed by atoms with van der Waals surface area (Å²) in [7, 11) is 0. The molecule has 18 heavy (non-hydrogen) atoms. The summed E-state index contributed by atoms with van der Waals surface area (Å²) >= 11 is 17.9. The third kappa shape index (κ3) is 2.89. The molecule has 0 aliphatic carbocycles. The Morgan fingerprint density at radius 2 is 2.00 bits per heavy atom. The second-order valence-corrected chi connectivity index (χ2v) is 4.77. The summed E-state index contributed by atoms with van der Waals surface area (Å²) in [5.41, 5.74) is 1.65. The van der Waals surface area contributed by atoms with E-state index >= 15 is 0 Å². The Balaban J connectivity index is 2.39. The maximum absolute atomic E-state index is 6.07. The van der Waals surface area contributed by atoms with Gasteiger partial charge in [0.25, 0.3) is 0 Å². The smallest absolute Gasteiger partial charge is 0.147 e. The van der Waals surface area contributed by atoms with E-state index in [4.69, 9.17) is 39.5 Å². The quantitative estimate of drug-likeness (QED) is 0.724. The molecule has 0 saturated carbocycles. The van der Waals surface area contributed by atoms with Crippen LogP contribution >= 0.6 is 34.8 Å². The average molecular weight is 303 g/mol. The van der Waals surface area contributed by atoms with Crippen LogP contribution in [0.2, 0.25) is 10.0 Å². The monoisotopic (exact) mass is 301 g/mol. The molecule has 0 N–H and O–H groups in total. The molecule has 1 heterocycles. The molecule has 2 aromatic rings. The summed E-state index contributed by atoms with van der Waals surface area (Å²) in [6.45, 7) is 1.88. The summed E-state index contributed by atoms with van der Waals surface area (Å²) in [4.78, 5) is 4.17. The van der Waals surface area contributed by atoms with Crippen LogP contribution < -0.4 is 4.74 Å². The van der Waals surface area contributed by atoms with Crippen molar-refractivity contribution in [3.05, 3.63) is 51.8 Å². The molecule has 5 heteroatoms. The standard InChI is InChI=1S/C13H10Cl3NO/c1-8-5-12(9(6-14)7-17-8)18-11-4-2-3-10(15)13(11)16/h2-5,7H,6H2,1H3. The Hall–Kier alpha value is -0.960. The normalized spacial score (nSPS) is 10.4. The summed E-state index contributed by atoms with van der Waals surface area (Å²) in [5, 5.41) is 0.835. The van der Waals surface area contributed by atoms with Gasteiger partial charge in [0.05, 0.1) is 10.9 Å². The van der Waals surface area contributed by atoms with E-state index in [9.17, 15) is 0 Å². The number of aryl methyl sites for hydroxylation is 1. The van der Waals surface area contributed by atoms with Crippen molar-refractivity contribution in [1.29, 1.82) is 0 Å². The Kier molecular flexibility index (Phi) is 4.33. The van der Waals surface area contributed by atoms with Crippen molar-refractivity contribution in [3.63, 3.8) is 0 Å². The Morgan fingerprint density at radius 1 is 1.22 bits per heavy atom. The second-order valence-electron chi connectivity index (χ2n) is 3.72. The predicted molar refractivity (Wildman–Crippen MR) is 75.1 cm³/mol. The van der Waals surface area contributed by atoms with E-state index in [0.29, 0.717) is 27.4 Å². The highest BCUT2D eigenvalue weighted by atomic mass is 35.5. The molecule has 1 aromatic heterocycles. The van der Waals surface area contributed by atoms with Crippen LogP contribution in [-0.4, -0.2) is 4.98 Å². The van der Waals surface area contributed by atoms with Gasteiger partial charge in [0, 0.05) is 23.5 Å². The highest BCUT2D eigenvalue weighted by molar-refractivity contribution is 6.42. The van der Waals surface area contributed by atoms with E-state index in [-0.39, 0.29) is 0 Å². The number of benzene rings is 1. The van der Waals surface area contributed by atoms with Gasteiger partial charge in [-0.1, -0.05) is 29.3 Å². The van der Waals surface area contributed by atoms with Gasteiger partial charge in [-0.05, 0) is 19.1 Å². The number of aromatic nitrogens is 1. The fraction of sp³-hybridized carbons (Fsp3) is 0.154. The molecule has 0 unspecified atom stereocenters. The van der Waals surface area contributed by atoms with E-state index in [0.717, 1.165) is 11.3 Å². The molecule has 2 rings (SSSR count). The molecule has 0 atom stereocenters. The highest BCUT2D eigenvalue weighted by Gasteiger charge is 2.10. The first kappa shape index (κ1) is 13.5. The van der Waals surface area contributed by atoms with Crippen LogP contribution in [0.15, 0.2) is 30.5 Å². The van der Waals surface area contributed by atoms with Gasteiger partial charge in [0.1, 0.15) is 16.5 Å². The zero-order valence-electron chi connectivity index (χ0n) is 9.58. The van der Waals surface area contributed by atoms with Gasteiger partial charge >= 0.3 is 0 Å². The number of pyridine rings is 1. The molecule has 0 spiro atoms. The largest absolute Gasteiger partial charge is 0.455 e. The molecule has 1 aromatic carbocycles. The van der Waals surface area contributed by atoms with Gasteiger partial charge in [-0.25, -0.2) is 0 Å². The number of hydrogen-bond acceptors (Lipinski definition) is 2. The van der Waals surface area contributed by atoms with Crippen molar-refractivity contribution >= 4 is 34.8 Å². The molecule has 0 saturated heterocycles. The van der Waals surface area contributed by atoms with Crippen molar-refractivity contribution in [2.45, 2.75) is 12.8 Å². The van der Waals surface area contributed by atoms with Gasteiger partial charge in [-0.3, -0.25) is 4.98 Å². The summed E-state index contributed by atoms with van der Waals surface area (Å²) in [6.07, 6.45) is 1.69. The van der Waals surface area contributed by atoms with Crippen LogP contribution in [0.1, 0.15) is 11.3 Å². The molecule has 0 radical (unpaired) electrons. The first-order valence-electron chi connectivity index (χ1n) is 5.25. The summed E-state index contributed by atoms with van der Waals surface area (Å²) in [6, 6.07) is 7.05. The lowest BCUT2D eigenvalue weighted by atomic mass is 10.2. The number of ether oxygens (including phenoxy) is 1. The fourth-order valence-electron chi connectivity index (χ4n) is 1.44. The van der Waals surface area contributed by atoms with Crippen LogP contribution in [0.25, 0.3) is 0 Å². The van der Waals surface area contributed by atoms with Gasteiger partial charge in [0.15, 0.2) is 0 Å². The second kappa shape index (κ2) is 5.79. The van der Waals surface area contributed by atoms with E-state index < -0.39 is 0 Å². The molecular weight excluding hydrogens is 293 g/mol. The molecule has 2 nitrogen and oxygen atoms in total. The zero-order chi connectivity index (χ0) is 13.1. The Morgan fingerprint density at radius 3 is 2.72 bits per heavy atom. The van der Waals surface area contributed by atoms with Crippen molar-refractivity contribution in [1.82, 2.24) is 4.98 Å². The molecule has 0 bridgehead atoms. The summed E-state index contributed by atoms with van der Waals surface area (Å²) in [5.74, 6) is 1.46. The topological polar surface area (TPSA) is 22.1 Å². The number of alkyl halides is 1. The van der Waals surface area contributed by atoms with Crippen molar-refractivity contribution in [2.24, 2.45) is 0 Å². The zero-order valence-corrected chi connectivity index (χ0v) is 11.9. The van der Waals surface area contributed by atoms with E-state index in [1.165, 1.54) is 0 Å². The highest BCUT2D eigenvalue weighted by Crippen LogP contribution is 2.36. The minimum absolute atomic E-state index is 0.320. The van der Waals surface area contributed by atoms with Gasteiger partial charge in [-0.15, -0.1) is 11.6 Å². The van der Waals surface area contributed by atoms with Gasteiger partial charge < -0.3 is 4.74 Å². The van der Waals surface area contributed by atoms with E-state index in [2.05, 4.69) is 4.98 Å². The van der Waals surface area contributed by atoms with Gasteiger partial charge in [-0.2, -0.15) is 0 Å². The first-order chi connectivity index (χ1) is 8.61. The van der Waals surface area contributed by atoms with Crippen LogP contribution in [0.3, 0.4) is 0 Å². The third-order valence-electron chi connectivity index (χ3n) is 2.36. The Labute approximate surface area is 120 Å². The SMILES string of the molecule is Cc1cc(Oc2cccc(Cl)c2Cl)c(CCl)cn1. The lowest BCUT2D eigenvalue weighted by Gasteiger charge is -2.11. The molecule has 0 aliphatic heterocycles. The number of nitrogens with zero attached hydrogens (tertiary/aromatic N) is 1.